The summed E-state index contributed by atoms with van der Waals surface area (Å²) in [6, 6.07) is 13.2. The summed E-state index contributed by atoms with van der Waals surface area (Å²) in [6.45, 7) is 3.73. The summed E-state index contributed by atoms with van der Waals surface area (Å²) in [4.78, 5) is 45.6. The number of hydrogen-bond acceptors (Lipinski definition) is 10. The van der Waals surface area contributed by atoms with Crippen LogP contribution in [0.15, 0.2) is 53.4 Å². The molecule has 1 saturated heterocycles. The van der Waals surface area contributed by atoms with Gasteiger partial charge in [0.05, 0.1) is 21.9 Å². The lowest BCUT2D eigenvalue weighted by atomic mass is 10.1. The van der Waals surface area contributed by atoms with Crippen LogP contribution in [0.3, 0.4) is 0 Å². The molecule has 3 heterocycles. The third kappa shape index (κ3) is 6.53. The molecule has 0 bridgehead atoms. The van der Waals surface area contributed by atoms with Gasteiger partial charge in [-0.05, 0) is 67.8 Å². The molecule has 2 amide bonds. The Bertz CT molecular complexity index is 1760. The molecule has 13 nitrogen and oxygen atoms in total. The minimum absolute atomic E-state index is 0.0668. The monoisotopic (exact) mass is 626 g/mol. The highest BCUT2D eigenvalue weighted by Crippen LogP contribution is 2.34. The fourth-order valence-corrected chi connectivity index (χ4v) is 7.29. The number of aromatic nitrogens is 3. The zero-order valence-electron chi connectivity index (χ0n) is 23.5. The van der Waals surface area contributed by atoms with Gasteiger partial charge < -0.3 is 20.2 Å². The molecule has 226 valence electrons. The van der Waals surface area contributed by atoms with Crippen molar-refractivity contribution in [3.05, 3.63) is 64.5 Å². The number of esters is 1. The fourth-order valence-electron chi connectivity index (χ4n) is 4.65. The number of carbonyl (C=O) groups excluding carboxylic acids is 3. The van der Waals surface area contributed by atoms with Crippen LogP contribution in [0.2, 0.25) is 0 Å². The van der Waals surface area contributed by atoms with Crippen LogP contribution in [-0.2, 0) is 19.6 Å². The quantitative estimate of drug-likeness (QED) is 0.251. The predicted molar refractivity (Wildman–Crippen MR) is 160 cm³/mol. The summed E-state index contributed by atoms with van der Waals surface area (Å²) in [6.07, 6.45) is 2.60. The molecule has 2 aromatic heterocycles. The highest BCUT2D eigenvalue weighted by molar-refractivity contribution is 7.89. The van der Waals surface area contributed by atoms with E-state index in [1.807, 2.05) is 6.07 Å². The predicted octanol–water partition coefficient (Wildman–Crippen LogP) is 3.47. The average molecular weight is 627 g/mol. The van der Waals surface area contributed by atoms with Crippen molar-refractivity contribution in [1.29, 1.82) is 0 Å². The lowest BCUT2D eigenvalue weighted by Crippen LogP contribution is -2.35. The van der Waals surface area contributed by atoms with Crippen molar-refractivity contribution in [3.63, 3.8) is 0 Å². The van der Waals surface area contributed by atoms with Crippen LogP contribution in [0.5, 0.6) is 0 Å². The number of sulfonamides is 1. The van der Waals surface area contributed by atoms with Gasteiger partial charge in [0.2, 0.25) is 10.0 Å². The Hall–Kier alpha value is -4.34. The van der Waals surface area contributed by atoms with Gasteiger partial charge in [0, 0.05) is 18.8 Å². The molecule has 15 heteroatoms. The van der Waals surface area contributed by atoms with Crippen molar-refractivity contribution in [2.75, 3.05) is 36.9 Å². The maximum Gasteiger partial charge on any atom is 0.341 e. The Morgan fingerprint density at radius 1 is 1.02 bits per heavy atom. The third-order valence-corrected chi connectivity index (χ3v) is 9.88. The van der Waals surface area contributed by atoms with Gasteiger partial charge in [-0.25, -0.2) is 13.2 Å². The van der Waals surface area contributed by atoms with Crippen molar-refractivity contribution in [1.82, 2.24) is 19.5 Å². The molecule has 1 aliphatic heterocycles. The number of fused-ring (bicyclic) bond motifs is 1. The summed E-state index contributed by atoms with van der Waals surface area (Å²) >= 11 is 0.934. The van der Waals surface area contributed by atoms with Crippen LogP contribution in [0.25, 0.3) is 11.0 Å². The minimum Gasteiger partial charge on any atom is -0.462 e. The lowest BCUT2D eigenvalue weighted by molar-refractivity contribution is -0.121. The third-order valence-electron chi connectivity index (χ3n) is 6.77. The Morgan fingerprint density at radius 3 is 2.49 bits per heavy atom. The van der Waals surface area contributed by atoms with Crippen LogP contribution in [-0.4, -0.2) is 72.0 Å². The summed E-state index contributed by atoms with van der Waals surface area (Å²) in [5, 5.41) is 13.4. The number of nitrogens with one attached hydrogen (secondary N) is 2. The van der Waals surface area contributed by atoms with Crippen LogP contribution < -0.4 is 15.5 Å². The van der Waals surface area contributed by atoms with Crippen LogP contribution >= 0.6 is 11.3 Å². The molecule has 1 aliphatic rings. The van der Waals surface area contributed by atoms with Crippen molar-refractivity contribution in [2.24, 2.45) is 0 Å². The first-order chi connectivity index (χ1) is 20.7. The summed E-state index contributed by atoms with van der Waals surface area (Å²) in [7, 11) is -3.71. The molecule has 0 aliphatic carbocycles. The number of amides is 2. The van der Waals surface area contributed by atoms with Crippen molar-refractivity contribution < 1.29 is 32.4 Å². The molecule has 5 rings (SSSR count). The van der Waals surface area contributed by atoms with E-state index in [0.717, 1.165) is 35.4 Å². The SMILES string of the molecule is CCOC(=O)c1c(NC(=O)COn2nnc3ccc(S(=O)(=O)N4CCCCC4)cc32)sc(C(=O)Nc2ccccc2)c1C. The van der Waals surface area contributed by atoms with Crippen LogP contribution in [0, 0.1) is 6.92 Å². The summed E-state index contributed by atoms with van der Waals surface area (Å²) < 4.78 is 32.9. The summed E-state index contributed by atoms with van der Waals surface area (Å²) in [5.41, 5.74) is 1.65. The standard InChI is InChI=1S/C28H30N6O7S2/c1-3-40-28(37)24-18(2)25(26(36)29-19-10-6-4-7-11-19)42-27(24)30-23(35)17-41-34-22-16-20(12-13-21(22)31-32-34)43(38,39)33-14-8-5-9-15-33/h4,6-7,10-13,16H,3,5,8-9,14-15,17H2,1-2H3,(H,29,36)(H,30,35). The maximum atomic E-state index is 13.2. The molecule has 2 aromatic carbocycles. The highest BCUT2D eigenvalue weighted by Gasteiger charge is 2.28. The molecular formula is C28H30N6O7S2. The number of para-hydroxylation sites is 1. The second-order valence-corrected chi connectivity index (χ2v) is 12.7. The van der Waals surface area contributed by atoms with Crippen LogP contribution in [0.1, 0.15) is 51.8 Å². The number of carbonyl (C=O) groups is 3. The fraction of sp³-hybridized carbons (Fsp3) is 0.321. The second-order valence-electron chi connectivity index (χ2n) is 9.70. The van der Waals surface area contributed by atoms with Gasteiger partial charge in [-0.3, -0.25) is 9.59 Å². The topological polar surface area (TPSA) is 162 Å². The smallest absolute Gasteiger partial charge is 0.341 e. The normalized spacial score (nSPS) is 13.9. The molecule has 4 aromatic rings. The van der Waals surface area contributed by atoms with Crippen molar-refractivity contribution >= 4 is 60.9 Å². The lowest BCUT2D eigenvalue weighted by Gasteiger charge is -2.25. The molecule has 0 unspecified atom stereocenters. The van der Waals surface area contributed by atoms with Gasteiger partial charge in [0.1, 0.15) is 16.0 Å². The molecular weight excluding hydrogens is 596 g/mol. The zero-order valence-corrected chi connectivity index (χ0v) is 25.2. The molecule has 1 fully saturated rings. The molecule has 0 saturated carbocycles. The van der Waals surface area contributed by atoms with Crippen molar-refractivity contribution in [2.45, 2.75) is 38.0 Å². The van der Waals surface area contributed by atoms with E-state index in [2.05, 4.69) is 20.9 Å². The highest BCUT2D eigenvalue weighted by atomic mass is 32.2. The number of nitrogens with zero attached hydrogens (tertiary/aromatic N) is 4. The maximum absolute atomic E-state index is 13.2. The second kappa shape index (κ2) is 12.9. The van der Waals surface area contributed by atoms with Gasteiger partial charge in [-0.2, -0.15) is 4.31 Å². The Labute approximate surface area is 251 Å². The zero-order chi connectivity index (χ0) is 30.6. The number of rotatable bonds is 10. The number of benzene rings is 2. The first-order valence-corrected chi connectivity index (χ1v) is 15.9. The van der Waals surface area contributed by atoms with Crippen molar-refractivity contribution in [3.8, 4) is 0 Å². The van der Waals surface area contributed by atoms with E-state index >= 15 is 0 Å². The van der Waals surface area contributed by atoms with E-state index in [-0.39, 0.29) is 32.5 Å². The Morgan fingerprint density at radius 2 is 1.77 bits per heavy atom. The van der Waals surface area contributed by atoms with E-state index in [4.69, 9.17) is 9.57 Å². The number of thiophene rings is 1. The number of ether oxygens (including phenoxy) is 1. The van der Waals surface area contributed by atoms with Gasteiger partial charge in [0.15, 0.2) is 6.61 Å². The van der Waals surface area contributed by atoms with Gasteiger partial charge >= 0.3 is 5.97 Å². The van der Waals surface area contributed by atoms with Crippen LogP contribution in [0.4, 0.5) is 10.7 Å². The Balaban J connectivity index is 1.33. The van der Waals surface area contributed by atoms with E-state index in [1.165, 1.54) is 22.5 Å². The molecule has 0 atom stereocenters. The number of anilines is 2. The molecule has 43 heavy (non-hydrogen) atoms. The van der Waals surface area contributed by atoms with E-state index in [1.54, 1.807) is 38.1 Å². The average Bonchev–Trinajstić information content (AvgIpc) is 3.56. The number of hydrogen-bond donors (Lipinski definition) is 2. The first-order valence-electron chi connectivity index (χ1n) is 13.6. The first kappa shape index (κ1) is 30.1. The largest absolute Gasteiger partial charge is 0.462 e. The Kier molecular flexibility index (Phi) is 9.03. The van der Waals surface area contributed by atoms with Gasteiger partial charge in [0.25, 0.3) is 11.8 Å². The number of piperidine rings is 1. The summed E-state index contributed by atoms with van der Waals surface area (Å²) in [5.74, 6) is -1.78. The van der Waals surface area contributed by atoms with E-state index in [0.29, 0.717) is 29.9 Å². The molecule has 2 N–H and O–H groups in total. The van der Waals surface area contributed by atoms with E-state index < -0.39 is 34.4 Å². The van der Waals surface area contributed by atoms with Gasteiger partial charge in [-0.1, -0.05) is 29.5 Å². The van der Waals surface area contributed by atoms with Gasteiger partial charge in [-0.15, -0.1) is 16.4 Å². The van der Waals surface area contributed by atoms with E-state index in [9.17, 15) is 22.8 Å². The molecule has 0 spiro atoms. The molecule has 0 radical (unpaired) electrons. The minimum atomic E-state index is -3.71.